The van der Waals surface area contributed by atoms with Gasteiger partial charge in [-0.2, -0.15) is 8.78 Å². The van der Waals surface area contributed by atoms with E-state index in [1.54, 1.807) is 7.05 Å². The normalized spacial score (nSPS) is 14.4. The Bertz CT molecular complexity index is 802. The van der Waals surface area contributed by atoms with E-state index >= 15 is 0 Å². The van der Waals surface area contributed by atoms with Crippen LogP contribution in [0.4, 0.5) is 8.78 Å². The van der Waals surface area contributed by atoms with E-state index in [4.69, 9.17) is 11.6 Å². The first-order valence-corrected chi connectivity index (χ1v) is 8.49. The molecule has 1 aliphatic rings. The van der Waals surface area contributed by atoms with Crippen molar-refractivity contribution in [2.24, 2.45) is 5.10 Å². The van der Waals surface area contributed by atoms with Gasteiger partial charge in [0.05, 0.1) is 10.6 Å². The number of carbonyl (C=O) groups is 1. The van der Waals surface area contributed by atoms with Gasteiger partial charge in [0.25, 0.3) is 5.91 Å². The summed E-state index contributed by atoms with van der Waals surface area (Å²) in [5.41, 5.74) is 4.67. The van der Waals surface area contributed by atoms with Gasteiger partial charge in [-0.3, -0.25) is 15.1 Å². The maximum absolute atomic E-state index is 12.4. The molecule has 0 spiro atoms. The van der Waals surface area contributed by atoms with Crippen LogP contribution in [0.15, 0.2) is 22.1 Å². The van der Waals surface area contributed by atoms with Crippen LogP contribution in [0.5, 0.6) is 5.75 Å². The van der Waals surface area contributed by atoms with Gasteiger partial charge in [0.2, 0.25) is 5.96 Å². The lowest BCUT2D eigenvalue weighted by molar-refractivity contribution is -0.0517. The van der Waals surface area contributed by atoms with Crippen LogP contribution >= 0.6 is 11.6 Å². The molecule has 0 saturated carbocycles. The van der Waals surface area contributed by atoms with Crippen LogP contribution in [0.25, 0.3) is 0 Å². The quantitative estimate of drug-likeness (QED) is 0.685. The predicted molar refractivity (Wildman–Crippen MR) is 80.1 cm³/mol. The van der Waals surface area contributed by atoms with Gasteiger partial charge < -0.3 is 4.74 Å². The molecule has 0 radical (unpaired) electrons. The molecule has 2 rings (SSSR count). The van der Waals surface area contributed by atoms with E-state index in [9.17, 15) is 22.0 Å². The second kappa shape index (κ2) is 6.75. The largest absolute Gasteiger partial charge is 0.433 e. The fraction of sp³-hybridized carbons (Fsp3) is 0.273. The molecule has 1 amide bonds. The zero-order valence-electron chi connectivity index (χ0n) is 12.3. The van der Waals surface area contributed by atoms with E-state index in [0.29, 0.717) is 0 Å². The minimum Gasteiger partial charge on any atom is -0.433 e. The van der Waals surface area contributed by atoms with Gasteiger partial charge in [-0.15, -0.1) is 10.6 Å². The van der Waals surface area contributed by atoms with Crippen molar-refractivity contribution in [2.45, 2.75) is 11.5 Å². The molecule has 24 heavy (non-hydrogen) atoms. The average molecular weight is 384 g/mol. The van der Waals surface area contributed by atoms with E-state index in [1.165, 1.54) is 5.01 Å². The highest BCUT2D eigenvalue weighted by molar-refractivity contribution is 7.91. The Hall–Kier alpha value is -2.18. The molecule has 1 aromatic carbocycles. The number of carbonyl (C=O) groups excluding carboxylic acids is 1. The number of sulfone groups is 1. The number of rotatable bonds is 4. The molecule has 0 aliphatic carbocycles. The van der Waals surface area contributed by atoms with Crippen molar-refractivity contribution in [1.82, 2.24) is 21.4 Å². The highest BCUT2D eigenvalue weighted by atomic mass is 35.5. The van der Waals surface area contributed by atoms with Gasteiger partial charge in [-0.1, -0.05) is 11.6 Å². The van der Waals surface area contributed by atoms with Crippen molar-refractivity contribution in [3.63, 3.8) is 0 Å². The Morgan fingerprint density at radius 1 is 1.46 bits per heavy atom. The number of hydrogen-bond donors (Lipinski definition) is 3. The summed E-state index contributed by atoms with van der Waals surface area (Å²) in [5, 5.41) is 6.87. The number of benzene rings is 1. The molecule has 0 saturated heterocycles. The van der Waals surface area contributed by atoms with Crippen molar-refractivity contribution in [2.75, 3.05) is 13.3 Å². The zero-order valence-corrected chi connectivity index (χ0v) is 13.9. The Balaban J connectivity index is 2.43. The summed E-state index contributed by atoms with van der Waals surface area (Å²) in [5.74, 6) is -1.35. The maximum Gasteiger partial charge on any atom is 0.387 e. The molecule has 0 unspecified atom stereocenters. The number of hydrogen-bond acceptors (Lipinski definition) is 8. The number of alkyl halides is 2. The van der Waals surface area contributed by atoms with Crippen LogP contribution in [-0.2, 0) is 9.84 Å². The molecule has 1 aliphatic heterocycles. The van der Waals surface area contributed by atoms with E-state index in [1.807, 2.05) is 0 Å². The minimum absolute atomic E-state index is 0.0879. The SMILES string of the molecule is CN1NNN=C1NC(=O)c1ccc(OC(F)F)c(S(C)(=O)=O)c1Cl. The third kappa shape index (κ3) is 3.83. The highest BCUT2D eigenvalue weighted by Crippen LogP contribution is 2.35. The van der Waals surface area contributed by atoms with Crippen molar-refractivity contribution in [3.05, 3.63) is 22.7 Å². The first-order chi connectivity index (χ1) is 11.1. The van der Waals surface area contributed by atoms with Crippen LogP contribution in [0.1, 0.15) is 10.4 Å². The smallest absolute Gasteiger partial charge is 0.387 e. The van der Waals surface area contributed by atoms with Crippen molar-refractivity contribution >= 4 is 33.3 Å². The lowest BCUT2D eigenvalue weighted by Crippen LogP contribution is -2.45. The molecular weight excluding hydrogens is 372 g/mol. The van der Waals surface area contributed by atoms with E-state index < -0.39 is 38.0 Å². The fourth-order valence-corrected chi connectivity index (χ4v) is 3.39. The monoisotopic (exact) mass is 383 g/mol. The number of nitrogens with one attached hydrogen (secondary N) is 3. The molecule has 0 fully saturated rings. The molecule has 3 N–H and O–H groups in total. The maximum atomic E-state index is 12.4. The number of guanidine groups is 1. The fourth-order valence-electron chi connectivity index (χ4n) is 1.81. The molecule has 0 bridgehead atoms. The molecule has 0 aromatic heterocycles. The molecule has 0 atom stereocenters. The Labute approximate surface area is 140 Å². The first kappa shape index (κ1) is 18.2. The Morgan fingerprint density at radius 3 is 2.62 bits per heavy atom. The predicted octanol–water partition coefficient (Wildman–Crippen LogP) is 0.300. The summed E-state index contributed by atoms with van der Waals surface area (Å²) in [6, 6.07) is 2.00. The third-order valence-electron chi connectivity index (χ3n) is 2.82. The van der Waals surface area contributed by atoms with Crippen LogP contribution < -0.4 is 21.1 Å². The summed E-state index contributed by atoms with van der Waals surface area (Å²) in [6.07, 6.45) is 0.761. The van der Waals surface area contributed by atoms with Crippen LogP contribution in [0.2, 0.25) is 5.02 Å². The standard InChI is InChI=1S/C11H12ClF2N5O4S/c1-19-11(16-17-18-19)15-9(20)5-3-4-6(23-10(13)14)8(7(5)12)24(2,21)22/h3-4,10,17-18H,1-2H3,(H,15,16,20). The lowest BCUT2D eigenvalue weighted by atomic mass is 10.2. The first-order valence-electron chi connectivity index (χ1n) is 6.22. The Morgan fingerprint density at radius 2 is 2.12 bits per heavy atom. The second-order valence-corrected chi connectivity index (χ2v) is 6.91. The van der Waals surface area contributed by atoms with Gasteiger partial charge >= 0.3 is 6.61 Å². The second-order valence-electron chi connectivity index (χ2n) is 4.58. The number of hydrazone groups is 1. The molecule has 1 heterocycles. The van der Waals surface area contributed by atoms with Gasteiger partial charge in [0, 0.05) is 13.3 Å². The molecular formula is C11H12ClF2N5O4S. The highest BCUT2D eigenvalue weighted by Gasteiger charge is 2.27. The third-order valence-corrected chi connectivity index (χ3v) is 4.47. The van der Waals surface area contributed by atoms with Crippen LogP contribution in [0, 0.1) is 0 Å². The lowest BCUT2D eigenvalue weighted by Gasteiger charge is -2.15. The summed E-state index contributed by atoms with van der Waals surface area (Å²) >= 11 is 5.95. The van der Waals surface area contributed by atoms with Gasteiger partial charge in [-0.25, -0.2) is 14.0 Å². The summed E-state index contributed by atoms with van der Waals surface area (Å²) in [4.78, 5) is 11.5. The van der Waals surface area contributed by atoms with E-state index in [0.717, 1.165) is 18.4 Å². The molecule has 1 aromatic rings. The summed E-state index contributed by atoms with van der Waals surface area (Å²) in [6.45, 7) is -3.25. The topological polar surface area (TPSA) is 112 Å². The summed E-state index contributed by atoms with van der Waals surface area (Å²) < 4.78 is 52.7. The average Bonchev–Trinajstić information content (AvgIpc) is 2.82. The summed E-state index contributed by atoms with van der Waals surface area (Å²) in [7, 11) is -2.50. The van der Waals surface area contributed by atoms with Crippen molar-refractivity contribution in [3.8, 4) is 5.75 Å². The Kier molecular flexibility index (Phi) is 5.11. The minimum atomic E-state index is -4.04. The zero-order chi connectivity index (χ0) is 18.1. The van der Waals surface area contributed by atoms with E-state index in [-0.39, 0.29) is 11.5 Å². The van der Waals surface area contributed by atoms with Crippen molar-refractivity contribution < 1.29 is 26.7 Å². The molecule has 9 nitrogen and oxygen atoms in total. The van der Waals surface area contributed by atoms with E-state index in [2.05, 4.69) is 26.2 Å². The number of halogens is 3. The number of ether oxygens (including phenoxy) is 1. The van der Waals surface area contributed by atoms with Crippen LogP contribution in [-0.4, -0.2) is 45.2 Å². The van der Waals surface area contributed by atoms with Crippen LogP contribution in [0.3, 0.4) is 0 Å². The van der Waals surface area contributed by atoms with Gasteiger partial charge in [0.1, 0.15) is 10.6 Å². The molecule has 132 valence electrons. The van der Waals surface area contributed by atoms with Gasteiger partial charge in [-0.05, 0) is 12.1 Å². The molecule has 13 heteroatoms. The van der Waals surface area contributed by atoms with Gasteiger partial charge in [0.15, 0.2) is 9.84 Å². The van der Waals surface area contributed by atoms with Crippen molar-refractivity contribution in [1.29, 1.82) is 0 Å². The number of nitrogens with zero attached hydrogens (tertiary/aromatic N) is 2. The number of hydrazine groups is 2. The number of amides is 1.